The molecule has 0 aromatic heterocycles. The highest BCUT2D eigenvalue weighted by molar-refractivity contribution is 8.26. The molecular weight excluding hydrogens is 338 g/mol. The van der Waals surface area contributed by atoms with Crippen LogP contribution in [0.1, 0.15) is 12.5 Å². The van der Waals surface area contributed by atoms with Crippen LogP contribution < -0.4 is 9.47 Å². The van der Waals surface area contributed by atoms with Crippen molar-refractivity contribution in [2.24, 2.45) is 0 Å². The van der Waals surface area contributed by atoms with Crippen LogP contribution in [0.3, 0.4) is 0 Å². The normalized spacial score (nSPS) is 17.5. The van der Waals surface area contributed by atoms with Crippen molar-refractivity contribution in [1.82, 2.24) is 4.90 Å². The molecule has 1 heterocycles. The Hall–Kier alpha value is -2.06. The molecule has 0 saturated carbocycles. The average molecular weight is 353 g/mol. The van der Waals surface area contributed by atoms with E-state index >= 15 is 0 Å². The van der Waals surface area contributed by atoms with Crippen LogP contribution in [0, 0.1) is 0 Å². The molecule has 1 aliphatic rings. The Morgan fingerprint density at radius 2 is 2.09 bits per heavy atom. The predicted molar refractivity (Wildman–Crippen MR) is 91.7 cm³/mol. The van der Waals surface area contributed by atoms with E-state index in [-0.39, 0.29) is 4.32 Å². The fourth-order valence-electron chi connectivity index (χ4n) is 2.02. The number of benzene rings is 1. The van der Waals surface area contributed by atoms with Gasteiger partial charge in [-0.05, 0) is 31.2 Å². The minimum atomic E-state index is -1.11. The second-order valence-electron chi connectivity index (χ2n) is 4.67. The van der Waals surface area contributed by atoms with Crippen LogP contribution in [-0.2, 0) is 9.59 Å². The highest BCUT2D eigenvalue weighted by Gasteiger charge is 2.38. The standard InChI is InChI=1S/C15H15NO5S2/c1-8(14(18)19)16-13(17)12(23-15(16)22)7-9-6-10(20-2)4-5-11(9)21-3/h4-8H,1-3H3,(H,18,19)/b12-7+. The van der Waals surface area contributed by atoms with Gasteiger partial charge in [0.25, 0.3) is 5.91 Å². The van der Waals surface area contributed by atoms with Crippen molar-refractivity contribution in [3.8, 4) is 11.5 Å². The molecule has 0 radical (unpaired) electrons. The van der Waals surface area contributed by atoms with Crippen molar-refractivity contribution < 1.29 is 24.2 Å². The van der Waals surface area contributed by atoms with E-state index < -0.39 is 17.9 Å². The number of carbonyl (C=O) groups excluding carboxylic acids is 1. The highest BCUT2D eigenvalue weighted by Crippen LogP contribution is 2.36. The summed E-state index contributed by atoms with van der Waals surface area (Å²) < 4.78 is 10.7. The number of thioether (sulfide) groups is 1. The summed E-state index contributed by atoms with van der Waals surface area (Å²) in [7, 11) is 3.07. The molecule has 2 rings (SSSR count). The Balaban J connectivity index is 2.39. The first-order valence-electron chi connectivity index (χ1n) is 6.61. The summed E-state index contributed by atoms with van der Waals surface area (Å²) in [5.74, 6) is -0.352. The molecular formula is C15H15NO5S2. The third-order valence-electron chi connectivity index (χ3n) is 3.29. The number of amides is 1. The summed E-state index contributed by atoms with van der Waals surface area (Å²) in [6.07, 6.45) is 1.62. The van der Waals surface area contributed by atoms with Crippen molar-refractivity contribution in [2.45, 2.75) is 13.0 Å². The van der Waals surface area contributed by atoms with Gasteiger partial charge < -0.3 is 14.6 Å². The van der Waals surface area contributed by atoms with Gasteiger partial charge in [0.05, 0.1) is 19.1 Å². The van der Waals surface area contributed by atoms with Crippen molar-refractivity contribution in [3.05, 3.63) is 28.7 Å². The number of carboxylic acid groups (broad SMARTS) is 1. The summed E-state index contributed by atoms with van der Waals surface area (Å²) in [5.41, 5.74) is 0.648. The molecule has 8 heteroatoms. The van der Waals surface area contributed by atoms with Crippen molar-refractivity contribution in [3.63, 3.8) is 0 Å². The minimum Gasteiger partial charge on any atom is -0.497 e. The number of aliphatic carboxylic acids is 1. The SMILES string of the molecule is COc1ccc(OC)c(/C=C2/SC(=S)N(C(C)C(=O)O)C2=O)c1. The first-order chi connectivity index (χ1) is 10.9. The summed E-state index contributed by atoms with van der Waals surface area (Å²) in [6, 6.07) is 4.19. The maximum atomic E-state index is 12.4. The lowest BCUT2D eigenvalue weighted by Crippen LogP contribution is -2.41. The Kier molecular flexibility index (Phi) is 5.27. The minimum absolute atomic E-state index is 0.220. The number of methoxy groups -OCH3 is 2. The van der Waals surface area contributed by atoms with Crippen LogP contribution in [0.15, 0.2) is 23.1 Å². The lowest BCUT2D eigenvalue weighted by molar-refractivity contribution is -0.144. The molecule has 1 fully saturated rings. The zero-order valence-electron chi connectivity index (χ0n) is 12.7. The van der Waals surface area contributed by atoms with Gasteiger partial charge in [0.2, 0.25) is 0 Å². The quantitative estimate of drug-likeness (QED) is 0.643. The Morgan fingerprint density at radius 3 is 2.65 bits per heavy atom. The molecule has 1 aromatic carbocycles. The van der Waals surface area contributed by atoms with Gasteiger partial charge in [-0.1, -0.05) is 24.0 Å². The van der Waals surface area contributed by atoms with E-state index in [1.54, 1.807) is 31.4 Å². The summed E-state index contributed by atoms with van der Waals surface area (Å²) in [5, 5.41) is 9.09. The zero-order valence-corrected chi connectivity index (χ0v) is 14.4. The molecule has 1 unspecified atom stereocenters. The monoisotopic (exact) mass is 353 g/mol. The highest BCUT2D eigenvalue weighted by atomic mass is 32.2. The topological polar surface area (TPSA) is 76.1 Å². The zero-order chi connectivity index (χ0) is 17.1. The van der Waals surface area contributed by atoms with Crippen LogP contribution >= 0.6 is 24.0 Å². The fraction of sp³-hybridized carbons (Fsp3) is 0.267. The third kappa shape index (κ3) is 3.48. The number of carboxylic acids is 1. The van der Waals surface area contributed by atoms with E-state index in [0.717, 1.165) is 16.7 Å². The van der Waals surface area contributed by atoms with E-state index in [0.29, 0.717) is 22.0 Å². The van der Waals surface area contributed by atoms with Crippen molar-refractivity contribution in [1.29, 1.82) is 0 Å². The van der Waals surface area contributed by atoms with E-state index in [4.69, 9.17) is 26.8 Å². The molecule has 6 nitrogen and oxygen atoms in total. The van der Waals surface area contributed by atoms with Crippen LogP contribution in [0.2, 0.25) is 0 Å². The molecule has 122 valence electrons. The summed E-state index contributed by atoms with van der Waals surface area (Å²) >= 11 is 6.19. The molecule has 1 N–H and O–H groups in total. The van der Waals surface area contributed by atoms with Crippen LogP contribution in [-0.4, -0.2) is 46.5 Å². The molecule has 23 heavy (non-hydrogen) atoms. The number of carbonyl (C=O) groups is 2. The predicted octanol–water partition coefficient (Wildman–Crippen LogP) is 2.38. The molecule has 1 aromatic rings. The van der Waals surface area contributed by atoms with Gasteiger partial charge in [-0.25, -0.2) is 4.79 Å². The first kappa shape index (κ1) is 17.3. The summed E-state index contributed by atoms with van der Waals surface area (Å²) in [6.45, 7) is 1.42. The fourth-order valence-corrected chi connectivity index (χ4v) is 3.43. The number of rotatable bonds is 5. The van der Waals surface area contributed by atoms with Crippen molar-refractivity contribution >= 4 is 46.3 Å². The second-order valence-corrected chi connectivity index (χ2v) is 6.35. The Bertz CT molecular complexity index is 701. The Labute approximate surface area is 143 Å². The molecule has 0 aliphatic carbocycles. The molecule has 0 spiro atoms. The van der Waals surface area contributed by atoms with Gasteiger partial charge >= 0.3 is 5.97 Å². The lowest BCUT2D eigenvalue weighted by Gasteiger charge is -2.18. The van der Waals surface area contributed by atoms with Gasteiger partial charge in [-0.2, -0.15) is 0 Å². The average Bonchev–Trinajstić information content (AvgIpc) is 2.80. The molecule has 1 atom stereocenters. The van der Waals surface area contributed by atoms with Gasteiger partial charge in [0, 0.05) is 5.56 Å². The number of hydrogen-bond donors (Lipinski definition) is 1. The van der Waals surface area contributed by atoms with Crippen molar-refractivity contribution in [2.75, 3.05) is 14.2 Å². The molecule has 1 amide bonds. The number of ether oxygens (including phenoxy) is 2. The van der Waals surface area contributed by atoms with E-state index in [2.05, 4.69) is 0 Å². The van der Waals surface area contributed by atoms with Crippen LogP contribution in [0.4, 0.5) is 0 Å². The van der Waals surface area contributed by atoms with Gasteiger partial charge in [0.15, 0.2) is 0 Å². The van der Waals surface area contributed by atoms with Gasteiger partial charge in [-0.15, -0.1) is 0 Å². The lowest BCUT2D eigenvalue weighted by atomic mass is 10.1. The van der Waals surface area contributed by atoms with E-state index in [1.165, 1.54) is 14.0 Å². The maximum absolute atomic E-state index is 12.4. The Morgan fingerprint density at radius 1 is 1.39 bits per heavy atom. The molecule has 1 saturated heterocycles. The van der Waals surface area contributed by atoms with E-state index in [1.807, 2.05) is 0 Å². The van der Waals surface area contributed by atoms with Crippen LogP contribution in [0.25, 0.3) is 6.08 Å². The number of nitrogens with zero attached hydrogens (tertiary/aromatic N) is 1. The van der Waals surface area contributed by atoms with Gasteiger partial charge in [0.1, 0.15) is 21.9 Å². The molecule has 0 bridgehead atoms. The first-order valence-corrected chi connectivity index (χ1v) is 7.83. The number of thiocarbonyl (C=S) groups is 1. The van der Waals surface area contributed by atoms with Crippen LogP contribution in [0.5, 0.6) is 11.5 Å². The third-order valence-corrected chi connectivity index (χ3v) is 4.62. The largest absolute Gasteiger partial charge is 0.497 e. The maximum Gasteiger partial charge on any atom is 0.326 e. The van der Waals surface area contributed by atoms with E-state index in [9.17, 15) is 9.59 Å². The smallest absolute Gasteiger partial charge is 0.326 e. The molecule has 1 aliphatic heterocycles. The number of hydrogen-bond acceptors (Lipinski definition) is 6. The summed E-state index contributed by atoms with van der Waals surface area (Å²) in [4.78, 5) is 25.0. The van der Waals surface area contributed by atoms with Gasteiger partial charge in [-0.3, -0.25) is 9.69 Å². The second kappa shape index (κ2) is 7.01.